The van der Waals surface area contributed by atoms with Gasteiger partial charge in [0.2, 0.25) is 17.6 Å². The Labute approximate surface area is 67.5 Å². The van der Waals surface area contributed by atoms with E-state index in [0.717, 1.165) is 0 Å². The number of aromatic nitrogens is 2. The van der Waals surface area contributed by atoms with E-state index in [2.05, 4.69) is 9.97 Å². The highest BCUT2D eigenvalue weighted by Crippen LogP contribution is 2.33. The van der Waals surface area contributed by atoms with Gasteiger partial charge in [0.25, 0.3) is 5.71 Å². The number of nitrogen functional groups attached to an aromatic ring is 2. The number of nitrogens with one attached hydrogen (secondary N) is 1. The summed E-state index contributed by atoms with van der Waals surface area (Å²) in [7, 11) is 1.50. The van der Waals surface area contributed by atoms with Crippen LogP contribution in [0.25, 0.3) is 11.2 Å². The van der Waals surface area contributed by atoms with Gasteiger partial charge in [0, 0.05) is 0 Å². The third kappa shape index (κ3) is 0.714. The number of imidazole rings is 1. The molecular weight excluding hydrogens is 160 g/mol. The summed E-state index contributed by atoms with van der Waals surface area (Å²) in [5, 5.41) is 0. The van der Waals surface area contributed by atoms with Gasteiger partial charge >= 0.3 is 0 Å². The Bertz CT molecular complexity index is 416. The highest BCUT2D eigenvalue weighted by atomic mass is 16.5. The molecular formula is C6H8N4O2. The number of furan rings is 1. The maximum absolute atomic E-state index is 5.47. The third-order valence-corrected chi connectivity index (χ3v) is 1.55. The average molecular weight is 168 g/mol. The van der Waals surface area contributed by atoms with Crippen molar-refractivity contribution in [2.45, 2.75) is 0 Å². The molecule has 2 heterocycles. The molecule has 0 saturated carbocycles. The second kappa shape index (κ2) is 2.07. The normalized spacial score (nSPS) is 10.8. The molecule has 64 valence electrons. The number of H-pyrrole nitrogens is 1. The summed E-state index contributed by atoms with van der Waals surface area (Å²) in [5.74, 6) is 0.919. The van der Waals surface area contributed by atoms with Gasteiger partial charge in [-0.15, -0.1) is 0 Å². The second-order valence-corrected chi connectivity index (χ2v) is 2.30. The first-order chi connectivity index (χ1) is 5.72. The van der Waals surface area contributed by atoms with Crippen LogP contribution in [0.2, 0.25) is 0 Å². The molecule has 5 N–H and O–H groups in total. The van der Waals surface area contributed by atoms with E-state index in [0.29, 0.717) is 17.0 Å². The molecule has 0 aliphatic heterocycles. The zero-order chi connectivity index (χ0) is 8.72. The zero-order valence-electron chi connectivity index (χ0n) is 6.42. The van der Waals surface area contributed by atoms with E-state index in [1.807, 2.05) is 0 Å². The summed E-state index contributed by atoms with van der Waals surface area (Å²) in [5.41, 5.74) is 11.8. The van der Waals surface area contributed by atoms with E-state index in [1.54, 1.807) is 0 Å². The number of nitrogens with zero attached hydrogens (tertiary/aromatic N) is 1. The predicted molar refractivity (Wildman–Crippen MR) is 43.7 cm³/mol. The van der Waals surface area contributed by atoms with Crippen molar-refractivity contribution in [1.82, 2.24) is 9.97 Å². The van der Waals surface area contributed by atoms with E-state index in [-0.39, 0.29) is 11.8 Å². The van der Waals surface area contributed by atoms with E-state index in [4.69, 9.17) is 20.6 Å². The summed E-state index contributed by atoms with van der Waals surface area (Å²) in [6.07, 6.45) is 0. The van der Waals surface area contributed by atoms with Crippen LogP contribution < -0.4 is 16.2 Å². The fourth-order valence-electron chi connectivity index (χ4n) is 1.08. The molecule has 0 fully saturated rings. The number of fused-ring (bicyclic) bond motifs is 1. The number of aromatic amines is 1. The second-order valence-electron chi connectivity index (χ2n) is 2.30. The van der Waals surface area contributed by atoms with Crippen molar-refractivity contribution < 1.29 is 9.15 Å². The van der Waals surface area contributed by atoms with Crippen LogP contribution in [0.5, 0.6) is 5.75 Å². The van der Waals surface area contributed by atoms with Gasteiger partial charge in [0.15, 0.2) is 5.52 Å². The summed E-state index contributed by atoms with van der Waals surface area (Å²) in [6, 6.07) is 0. The molecule has 12 heavy (non-hydrogen) atoms. The van der Waals surface area contributed by atoms with Crippen molar-refractivity contribution in [2.75, 3.05) is 18.6 Å². The zero-order valence-corrected chi connectivity index (χ0v) is 6.42. The Morgan fingerprint density at radius 1 is 1.50 bits per heavy atom. The van der Waals surface area contributed by atoms with Crippen molar-refractivity contribution in [1.29, 1.82) is 0 Å². The number of nitrogens with two attached hydrogens (primary N) is 2. The third-order valence-electron chi connectivity index (χ3n) is 1.55. The van der Waals surface area contributed by atoms with Crippen molar-refractivity contribution >= 4 is 23.1 Å². The van der Waals surface area contributed by atoms with Gasteiger partial charge in [-0.1, -0.05) is 0 Å². The molecule has 0 atom stereocenters. The minimum Gasteiger partial charge on any atom is -0.490 e. The minimum atomic E-state index is 0.200. The van der Waals surface area contributed by atoms with Crippen LogP contribution in [0.1, 0.15) is 0 Å². The van der Waals surface area contributed by atoms with Gasteiger partial charge in [-0.05, 0) is 0 Å². The van der Waals surface area contributed by atoms with Crippen LogP contribution in [0.3, 0.4) is 0 Å². The lowest BCUT2D eigenvalue weighted by Gasteiger charge is -1.93. The molecule has 0 unspecified atom stereocenters. The SMILES string of the molecule is COc1c(N)oc2nc(N)[nH]c12. The van der Waals surface area contributed by atoms with Crippen LogP contribution in [0.4, 0.5) is 11.8 Å². The molecule has 0 aliphatic carbocycles. The highest BCUT2D eigenvalue weighted by molar-refractivity contribution is 5.84. The van der Waals surface area contributed by atoms with E-state index in [9.17, 15) is 0 Å². The summed E-state index contributed by atoms with van der Waals surface area (Å²) < 4.78 is 10.0. The molecule has 0 spiro atoms. The van der Waals surface area contributed by atoms with Crippen molar-refractivity contribution in [3.63, 3.8) is 0 Å². The molecule has 2 aromatic heterocycles. The first-order valence-corrected chi connectivity index (χ1v) is 3.30. The van der Waals surface area contributed by atoms with Crippen LogP contribution in [-0.2, 0) is 0 Å². The molecule has 0 saturated heterocycles. The first kappa shape index (κ1) is 6.84. The van der Waals surface area contributed by atoms with Gasteiger partial charge in [-0.3, -0.25) is 0 Å². The number of methoxy groups -OCH3 is 1. The molecule has 6 nitrogen and oxygen atoms in total. The first-order valence-electron chi connectivity index (χ1n) is 3.30. The van der Waals surface area contributed by atoms with Crippen LogP contribution in [0, 0.1) is 0 Å². The predicted octanol–water partition coefficient (Wildman–Crippen LogP) is 0.329. The number of hydrogen-bond acceptors (Lipinski definition) is 5. The number of hydrogen-bond donors (Lipinski definition) is 3. The van der Waals surface area contributed by atoms with Gasteiger partial charge in [-0.25, -0.2) is 0 Å². The lowest BCUT2D eigenvalue weighted by Crippen LogP contribution is -1.89. The Morgan fingerprint density at radius 3 is 2.92 bits per heavy atom. The van der Waals surface area contributed by atoms with Crippen molar-refractivity contribution in [3.05, 3.63) is 0 Å². The topological polar surface area (TPSA) is 103 Å². The molecule has 2 aromatic rings. The molecule has 0 radical (unpaired) electrons. The number of rotatable bonds is 1. The minimum absolute atomic E-state index is 0.200. The number of anilines is 2. The highest BCUT2D eigenvalue weighted by Gasteiger charge is 2.15. The fraction of sp³-hybridized carbons (Fsp3) is 0.167. The Morgan fingerprint density at radius 2 is 2.25 bits per heavy atom. The Balaban J connectivity index is 2.78. The van der Waals surface area contributed by atoms with Crippen LogP contribution in [0.15, 0.2) is 4.42 Å². The van der Waals surface area contributed by atoms with Gasteiger partial charge < -0.3 is 25.6 Å². The average Bonchev–Trinajstić information content (AvgIpc) is 2.43. The Hall–Kier alpha value is -1.85. The summed E-state index contributed by atoms with van der Waals surface area (Å²) >= 11 is 0. The monoisotopic (exact) mass is 168 g/mol. The summed E-state index contributed by atoms with van der Waals surface area (Å²) in [4.78, 5) is 6.60. The standard InChI is InChI=1S/C6H8N4O2/c1-11-3-2-5(12-4(3)7)10-6(8)9-2/h7H2,1H3,(H3,8,9,10). The lowest BCUT2D eigenvalue weighted by molar-refractivity contribution is 0.414. The Kier molecular flexibility index (Phi) is 1.18. The summed E-state index contributed by atoms with van der Waals surface area (Å²) in [6.45, 7) is 0. The molecule has 0 aromatic carbocycles. The van der Waals surface area contributed by atoms with Gasteiger partial charge in [0.05, 0.1) is 7.11 Å². The van der Waals surface area contributed by atoms with Gasteiger partial charge in [0.1, 0.15) is 0 Å². The maximum Gasteiger partial charge on any atom is 0.252 e. The molecule has 6 heteroatoms. The van der Waals surface area contributed by atoms with E-state index >= 15 is 0 Å². The maximum atomic E-state index is 5.47. The molecule has 2 rings (SSSR count). The molecule has 0 aliphatic rings. The van der Waals surface area contributed by atoms with Crippen molar-refractivity contribution in [3.8, 4) is 5.75 Å². The van der Waals surface area contributed by atoms with Crippen molar-refractivity contribution in [2.24, 2.45) is 0 Å². The lowest BCUT2D eigenvalue weighted by atomic mass is 10.5. The van der Waals surface area contributed by atoms with Crippen LogP contribution in [-0.4, -0.2) is 17.1 Å². The van der Waals surface area contributed by atoms with Gasteiger partial charge in [-0.2, -0.15) is 4.98 Å². The van der Waals surface area contributed by atoms with Crippen LogP contribution >= 0.6 is 0 Å². The quantitative estimate of drug-likeness (QED) is 0.569. The van der Waals surface area contributed by atoms with E-state index in [1.165, 1.54) is 7.11 Å². The van der Waals surface area contributed by atoms with E-state index < -0.39 is 0 Å². The smallest absolute Gasteiger partial charge is 0.252 e. The molecule has 0 amide bonds. The fourth-order valence-corrected chi connectivity index (χ4v) is 1.08. The molecule has 0 bridgehead atoms. The largest absolute Gasteiger partial charge is 0.490 e. The number of ether oxygens (including phenoxy) is 1.